The van der Waals surface area contributed by atoms with Gasteiger partial charge in [0.25, 0.3) is 5.91 Å². The molecule has 4 aliphatic heterocycles. The fourth-order valence-corrected chi connectivity index (χ4v) is 5.45. The van der Waals surface area contributed by atoms with Gasteiger partial charge >= 0.3 is 0 Å². The van der Waals surface area contributed by atoms with Gasteiger partial charge in [-0.1, -0.05) is 25.1 Å². The van der Waals surface area contributed by atoms with Crippen molar-refractivity contribution < 1.29 is 23.9 Å². The number of amides is 1. The maximum Gasteiger partial charge on any atom is 0.264 e. The fourth-order valence-electron chi connectivity index (χ4n) is 5.45. The lowest BCUT2D eigenvalue weighted by Crippen LogP contribution is -2.54. The lowest BCUT2D eigenvalue weighted by Gasteiger charge is -2.35. The fraction of sp³-hybridized carbons (Fsp3) is 0.579. The molecule has 1 aliphatic carbocycles. The Balaban J connectivity index is 1.70. The molecule has 1 aromatic rings. The molecular weight excluding hydrogens is 336 g/mol. The Morgan fingerprint density at radius 3 is 2.88 bits per heavy atom. The molecule has 1 aromatic carbocycles. The van der Waals surface area contributed by atoms with Crippen molar-refractivity contribution in [3.05, 3.63) is 29.8 Å². The molecule has 138 valence electrons. The standard InChI is InChI=1S/C19H22N2O5/c1-3-14(22)19-11-9-25-15(16(19)26-19)18(8-12(11)20)10-6-4-5-7-13(10)21(24-2)17(18)23/h4-7,11-12,15-16H,3,8-9,20H2,1-2H3/t11-,12+,15-,16?,18+,19+/m1/s1. The van der Waals surface area contributed by atoms with Crippen LogP contribution in [0.4, 0.5) is 5.69 Å². The zero-order valence-electron chi connectivity index (χ0n) is 14.8. The first kappa shape index (κ1) is 16.4. The van der Waals surface area contributed by atoms with Gasteiger partial charge in [-0.3, -0.25) is 14.4 Å². The third kappa shape index (κ3) is 1.63. The molecule has 5 aliphatic rings. The van der Waals surface area contributed by atoms with Crippen LogP contribution in [0.3, 0.4) is 0 Å². The minimum atomic E-state index is -0.988. The van der Waals surface area contributed by atoms with Crippen LogP contribution < -0.4 is 10.8 Å². The minimum absolute atomic E-state index is 0.0515. The van der Waals surface area contributed by atoms with Crippen molar-refractivity contribution in [3.8, 4) is 0 Å². The number of hydrogen-bond acceptors (Lipinski definition) is 6. The number of anilines is 1. The summed E-state index contributed by atoms with van der Waals surface area (Å²) in [5.74, 6) is -0.375. The number of nitrogens with two attached hydrogens (primary N) is 1. The molecule has 4 fully saturated rings. The summed E-state index contributed by atoms with van der Waals surface area (Å²) in [7, 11) is 1.47. The number of fused-ring (bicyclic) bond motifs is 3. The molecular formula is C19H22N2O5. The van der Waals surface area contributed by atoms with E-state index in [1.807, 2.05) is 31.2 Å². The highest BCUT2D eigenvalue weighted by Gasteiger charge is 2.79. The van der Waals surface area contributed by atoms with Gasteiger partial charge in [-0.15, -0.1) is 0 Å². The predicted octanol–water partition coefficient (Wildman–Crippen LogP) is 0.695. The van der Waals surface area contributed by atoms with E-state index in [9.17, 15) is 9.59 Å². The SMILES string of the molecule is CCC(=O)[C@]12OC1[C@H]1OC[C@@H]2[C@@H](N)C[C@@]12C(=O)N(OC)c1ccccc12. The molecule has 4 heterocycles. The molecule has 1 amide bonds. The molecule has 3 saturated heterocycles. The van der Waals surface area contributed by atoms with E-state index in [1.165, 1.54) is 12.2 Å². The number of nitrogens with zero attached hydrogens (tertiary/aromatic N) is 1. The van der Waals surface area contributed by atoms with Crippen LogP contribution in [0.2, 0.25) is 0 Å². The number of hydrogen-bond donors (Lipinski definition) is 1. The second-order valence-corrected chi connectivity index (χ2v) is 7.61. The Labute approximate surface area is 151 Å². The van der Waals surface area contributed by atoms with Crippen molar-refractivity contribution in [3.63, 3.8) is 0 Å². The first-order valence-electron chi connectivity index (χ1n) is 9.08. The average Bonchev–Trinajstić information content (AvgIpc) is 3.40. The summed E-state index contributed by atoms with van der Waals surface area (Å²) in [4.78, 5) is 31.6. The molecule has 0 radical (unpaired) electrons. The van der Waals surface area contributed by atoms with Crippen LogP contribution in [0.15, 0.2) is 24.3 Å². The summed E-state index contributed by atoms with van der Waals surface area (Å²) >= 11 is 0. The number of benzene rings is 1. The molecule has 2 N–H and O–H groups in total. The highest BCUT2D eigenvalue weighted by molar-refractivity contribution is 6.08. The van der Waals surface area contributed by atoms with Crippen LogP contribution in [0.25, 0.3) is 0 Å². The summed E-state index contributed by atoms with van der Waals surface area (Å²) < 4.78 is 12.2. The van der Waals surface area contributed by atoms with Gasteiger partial charge in [-0.05, 0) is 18.1 Å². The zero-order chi connectivity index (χ0) is 18.3. The van der Waals surface area contributed by atoms with Gasteiger partial charge < -0.3 is 15.2 Å². The molecule has 26 heavy (non-hydrogen) atoms. The van der Waals surface area contributed by atoms with Crippen molar-refractivity contribution in [2.45, 2.75) is 49.0 Å². The highest BCUT2D eigenvalue weighted by Crippen LogP contribution is 2.62. The minimum Gasteiger partial charge on any atom is -0.373 e. The van der Waals surface area contributed by atoms with Gasteiger partial charge in [-0.25, -0.2) is 0 Å². The predicted molar refractivity (Wildman–Crippen MR) is 91.3 cm³/mol. The van der Waals surface area contributed by atoms with Gasteiger partial charge in [0.2, 0.25) is 0 Å². The van der Waals surface area contributed by atoms with Gasteiger partial charge in [0.1, 0.15) is 17.6 Å². The first-order chi connectivity index (χ1) is 12.5. The molecule has 1 spiro atoms. The Bertz CT molecular complexity index is 813. The maximum atomic E-state index is 13.5. The third-order valence-electron chi connectivity index (χ3n) is 6.64. The lowest BCUT2D eigenvalue weighted by molar-refractivity contribution is -0.138. The normalized spacial score (nSPS) is 42.6. The van der Waals surface area contributed by atoms with Gasteiger partial charge in [0.05, 0.1) is 19.4 Å². The van der Waals surface area contributed by atoms with Crippen molar-refractivity contribution in [1.82, 2.24) is 0 Å². The molecule has 1 saturated carbocycles. The Kier molecular flexibility index (Phi) is 3.23. The first-order valence-corrected chi connectivity index (χ1v) is 9.08. The van der Waals surface area contributed by atoms with Crippen LogP contribution in [0.5, 0.6) is 0 Å². The Hall–Kier alpha value is -1.80. The quantitative estimate of drug-likeness (QED) is 0.799. The summed E-state index contributed by atoms with van der Waals surface area (Å²) in [5, 5.41) is 1.32. The monoisotopic (exact) mass is 358 g/mol. The Morgan fingerprint density at radius 1 is 1.38 bits per heavy atom. The number of ketones is 1. The number of carbonyl (C=O) groups excluding carboxylic acids is 2. The zero-order valence-corrected chi connectivity index (χ0v) is 14.8. The van der Waals surface area contributed by atoms with E-state index in [0.717, 1.165) is 5.56 Å². The number of Topliss-reactive ketones (excluding diaryl/α,β-unsaturated/α-hetero) is 1. The number of rotatable bonds is 3. The molecule has 1 unspecified atom stereocenters. The molecule has 6 atom stereocenters. The largest absolute Gasteiger partial charge is 0.373 e. The Morgan fingerprint density at radius 2 is 2.15 bits per heavy atom. The van der Waals surface area contributed by atoms with Crippen LogP contribution in [-0.2, 0) is 29.3 Å². The number of hydroxylamine groups is 1. The summed E-state index contributed by atoms with van der Waals surface area (Å²) in [6.45, 7) is 2.16. The maximum absolute atomic E-state index is 13.5. The van der Waals surface area contributed by atoms with Crippen molar-refractivity contribution >= 4 is 17.4 Å². The second kappa shape index (κ2) is 5.13. The van der Waals surface area contributed by atoms with E-state index in [-0.39, 0.29) is 23.7 Å². The molecule has 0 aromatic heterocycles. The summed E-state index contributed by atoms with van der Waals surface area (Å²) in [6.07, 6.45) is -0.183. The third-order valence-corrected chi connectivity index (χ3v) is 6.64. The van der Waals surface area contributed by atoms with E-state index in [2.05, 4.69) is 0 Å². The van der Waals surface area contributed by atoms with Gasteiger partial charge in [0.15, 0.2) is 11.4 Å². The van der Waals surface area contributed by atoms with Gasteiger partial charge in [-0.2, -0.15) is 5.06 Å². The van der Waals surface area contributed by atoms with Crippen LogP contribution in [0, 0.1) is 5.92 Å². The van der Waals surface area contributed by atoms with Crippen molar-refractivity contribution in [2.75, 3.05) is 18.8 Å². The second-order valence-electron chi connectivity index (χ2n) is 7.61. The van der Waals surface area contributed by atoms with Crippen LogP contribution in [-0.4, -0.2) is 49.3 Å². The van der Waals surface area contributed by atoms with Crippen LogP contribution >= 0.6 is 0 Å². The van der Waals surface area contributed by atoms with E-state index in [1.54, 1.807) is 0 Å². The van der Waals surface area contributed by atoms with E-state index in [4.69, 9.17) is 20.0 Å². The molecule has 7 nitrogen and oxygen atoms in total. The lowest BCUT2D eigenvalue weighted by atomic mass is 9.72. The molecule has 6 rings (SSSR count). The van der Waals surface area contributed by atoms with Gasteiger partial charge in [0, 0.05) is 18.4 Å². The summed E-state index contributed by atoms with van der Waals surface area (Å²) in [6, 6.07) is 7.16. The number of carbonyl (C=O) groups is 2. The molecule has 2 bridgehead atoms. The average molecular weight is 358 g/mol. The van der Waals surface area contributed by atoms with E-state index in [0.29, 0.717) is 25.1 Å². The highest BCUT2D eigenvalue weighted by atomic mass is 16.7. The van der Waals surface area contributed by atoms with Crippen LogP contribution in [0.1, 0.15) is 25.3 Å². The number of epoxide rings is 1. The molecule has 7 heteroatoms. The number of para-hydroxylation sites is 1. The van der Waals surface area contributed by atoms with E-state index < -0.39 is 23.2 Å². The van der Waals surface area contributed by atoms with Crippen molar-refractivity contribution in [2.24, 2.45) is 11.7 Å². The van der Waals surface area contributed by atoms with Crippen molar-refractivity contribution in [1.29, 1.82) is 0 Å². The summed E-state index contributed by atoms with van der Waals surface area (Å²) in [5.41, 5.74) is 6.21. The number of ether oxygens (including phenoxy) is 2. The van der Waals surface area contributed by atoms with E-state index >= 15 is 0 Å². The topological polar surface area (TPSA) is 94.4 Å². The smallest absolute Gasteiger partial charge is 0.264 e.